The Hall–Kier alpha value is -2.77. The Bertz CT molecular complexity index is 1190. The molecule has 0 aliphatic rings. The number of benzene rings is 3. The average molecular weight is 476 g/mol. The average Bonchev–Trinajstić information content (AvgIpc) is 2.67. The van der Waals surface area contributed by atoms with Crippen LogP contribution in [0.25, 0.3) is 11.0 Å². The molecule has 2 nitrogen and oxygen atoms in total. The SMILES string of the molecule is F[P-](F)(F)(F)(F)F.O=c1ccc2ccc([S+](c3ccccc3)c3ccccc3)cc2o1. The Kier molecular flexibility index (Phi) is 5.71. The first kappa shape index (κ1) is 22.9. The van der Waals surface area contributed by atoms with Crippen molar-refractivity contribution in [3.05, 3.63) is 101 Å². The molecular formula is C21H15F6O2PS. The molecule has 0 spiro atoms. The monoisotopic (exact) mass is 476 g/mol. The molecule has 0 N–H and O–H groups in total. The maximum Gasteiger partial charge on any atom is 0.336 e. The van der Waals surface area contributed by atoms with E-state index in [9.17, 15) is 30.0 Å². The van der Waals surface area contributed by atoms with E-state index in [1.54, 1.807) is 6.07 Å². The molecule has 164 valence electrons. The van der Waals surface area contributed by atoms with Gasteiger partial charge in [0.15, 0.2) is 14.7 Å². The normalized spacial score (nSPS) is 13.8. The molecule has 10 heteroatoms. The molecule has 3 aromatic carbocycles. The number of hydrogen-bond acceptors (Lipinski definition) is 2. The van der Waals surface area contributed by atoms with Gasteiger partial charge < -0.3 is 4.42 Å². The Balaban J connectivity index is 0.000000339. The van der Waals surface area contributed by atoms with Crippen LogP contribution in [0, 0.1) is 0 Å². The minimum atomic E-state index is -10.7. The van der Waals surface area contributed by atoms with Gasteiger partial charge in [0.25, 0.3) is 0 Å². The summed E-state index contributed by atoms with van der Waals surface area (Å²) in [5.41, 5.74) is 0.309. The maximum atomic E-state index is 11.5. The summed E-state index contributed by atoms with van der Waals surface area (Å²) in [6, 6.07) is 30.2. The van der Waals surface area contributed by atoms with Crippen molar-refractivity contribution in [2.45, 2.75) is 14.7 Å². The molecule has 0 atom stereocenters. The first-order valence-electron chi connectivity index (χ1n) is 8.71. The van der Waals surface area contributed by atoms with Gasteiger partial charge in [0.05, 0.1) is 10.9 Å². The van der Waals surface area contributed by atoms with E-state index in [4.69, 9.17) is 4.42 Å². The van der Waals surface area contributed by atoms with Crippen molar-refractivity contribution in [2.75, 3.05) is 0 Å². The zero-order valence-electron chi connectivity index (χ0n) is 15.6. The molecule has 1 aromatic heterocycles. The van der Waals surface area contributed by atoms with E-state index in [2.05, 4.69) is 54.6 Å². The van der Waals surface area contributed by atoms with Crippen LogP contribution in [0.5, 0.6) is 0 Å². The summed E-state index contributed by atoms with van der Waals surface area (Å²) in [5, 5.41) is 0.933. The standard InChI is InChI=1S/C21H15O2S.F6P/c22-21-14-12-16-11-13-19(15-20(16)23-21)24(17-7-3-1-4-8-17)18-9-5-2-6-10-18;1-7(2,3,4,5)6/h1-15H;/q+1;-1. The third kappa shape index (κ3) is 7.77. The molecule has 0 aliphatic heterocycles. The Morgan fingerprint density at radius 3 is 1.55 bits per heavy atom. The van der Waals surface area contributed by atoms with Gasteiger partial charge in [-0.3, -0.25) is 0 Å². The summed E-state index contributed by atoms with van der Waals surface area (Å²) in [7, 11) is -10.9. The van der Waals surface area contributed by atoms with Gasteiger partial charge in [-0.2, -0.15) is 0 Å². The van der Waals surface area contributed by atoms with Crippen molar-refractivity contribution < 1.29 is 29.6 Å². The predicted octanol–water partition coefficient (Wildman–Crippen LogP) is 8.27. The van der Waals surface area contributed by atoms with Crippen LogP contribution in [0.1, 0.15) is 0 Å². The van der Waals surface area contributed by atoms with Gasteiger partial charge in [-0.1, -0.05) is 36.4 Å². The van der Waals surface area contributed by atoms with Gasteiger partial charge in [-0.15, -0.1) is 0 Å². The first-order chi connectivity index (χ1) is 14.3. The van der Waals surface area contributed by atoms with Crippen LogP contribution in [-0.2, 0) is 10.9 Å². The van der Waals surface area contributed by atoms with Crippen LogP contribution in [0.2, 0.25) is 0 Å². The summed E-state index contributed by atoms with van der Waals surface area (Å²) in [5.74, 6) is 0. The summed E-state index contributed by atoms with van der Waals surface area (Å²) >= 11 is 0. The smallest absolute Gasteiger partial charge is 0.336 e. The van der Waals surface area contributed by atoms with E-state index in [1.165, 1.54) is 15.9 Å². The van der Waals surface area contributed by atoms with Crippen molar-refractivity contribution in [1.29, 1.82) is 0 Å². The molecule has 0 fully saturated rings. The van der Waals surface area contributed by atoms with E-state index in [-0.39, 0.29) is 16.5 Å². The van der Waals surface area contributed by atoms with E-state index < -0.39 is 7.81 Å². The third-order valence-corrected chi connectivity index (χ3v) is 6.00. The minimum absolute atomic E-state index is 0.239. The molecular weight excluding hydrogens is 461 g/mol. The molecule has 4 aromatic rings. The summed E-state index contributed by atoms with van der Waals surface area (Å²) < 4.78 is 64.6. The van der Waals surface area contributed by atoms with Crippen molar-refractivity contribution in [3.8, 4) is 0 Å². The number of halogens is 6. The number of rotatable bonds is 3. The van der Waals surface area contributed by atoms with E-state index in [1.807, 2.05) is 24.3 Å². The molecule has 31 heavy (non-hydrogen) atoms. The fourth-order valence-corrected chi connectivity index (χ4v) is 4.79. The zero-order valence-corrected chi connectivity index (χ0v) is 17.3. The largest absolute Gasteiger partial charge is 0.423 e. The van der Waals surface area contributed by atoms with Crippen LogP contribution < -0.4 is 5.63 Å². The van der Waals surface area contributed by atoms with Crippen LogP contribution in [0.3, 0.4) is 0 Å². The molecule has 1 heterocycles. The summed E-state index contributed by atoms with van der Waals surface area (Å²) in [4.78, 5) is 15.1. The Labute approximate surface area is 175 Å². The van der Waals surface area contributed by atoms with Gasteiger partial charge in [-0.25, -0.2) is 4.79 Å². The molecule has 0 saturated heterocycles. The van der Waals surface area contributed by atoms with Crippen molar-refractivity contribution in [2.24, 2.45) is 0 Å². The Morgan fingerprint density at radius 1 is 0.613 bits per heavy atom. The Morgan fingerprint density at radius 2 is 1.06 bits per heavy atom. The molecule has 0 saturated carbocycles. The van der Waals surface area contributed by atoms with Crippen LogP contribution in [0.15, 0.2) is 115 Å². The van der Waals surface area contributed by atoms with Crippen molar-refractivity contribution in [1.82, 2.24) is 0 Å². The van der Waals surface area contributed by atoms with Crippen LogP contribution >= 0.6 is 7.81 Å². The predicted molar refractivity (Wildman–Crippen MR) is 111 cm³/mol. The first-order valence-corrected chi connectivity index (χ1v) is 12.0. The quantitative estimate of drug-likeness (QED) is 0.129. The number of hydrogen-bond donors (Lipinski definition) is 0. The van der Waals surface area contributed by atoms with Gasteiger partial charge in [-0.05, 0) is 42.5 Å². The van der Waals surface area contributed by atoms with Gasteiger partial charge >= 0.3 is 38.6 Å². The van der Waals surface area contributed by atoms with Gasteiger partial charge in [0, 0.05) is 17.5 Å². The molecule has 0 radical (unpaired) electrons. The molecule has 0 unspecified atom stereocenters. The van der Waals surface area contributed by atoms with Crippen molar-refractivity contribution in [3.63, 3.8) is 0 Å². The van der Waals surface area contributed by atoms with E-state index in [0.29, 0.717) is 5.58 Å². The second-order valence-corrected chi connectivity index (χ2v) is 10.3. The maximum absolute atomic E-state index is 11.5. The van der Waals surface area contributed by atoms with Gasteiger partial charge in [0.1, 0.15) is 5.58 Å². The zero-order chi connectivity index (χ0) is 22.8. The second kappa shape index (κ2) is 7.73. The molecule has 0 amide bonds. The number of fused-ring (bicyclic) bond motifs is 1. The van der Waals surface area contributed by atoms with Crippen LogP contribution in [0.4, 0.5) is 25.2 Å². The van der Waals surface area contributed by atoms with E-state index in [0.717, 1.165) is 10.3 Å². The fraction of sp³-hybridized carbons (Fsp3) is 0. The summed E-state index contributed by atoms with van der Waals surface area (Å²) in [6.45, 7) is 0. The van der Waals surface area contributed by atoms with Crippen molar-refractivity contribution >= 4 is 29.7 Å². The second-order valence-electron chi connectivity index (χ2n) is 6.34. The molecule has 0 aliphatic carbocycles. The topological polar surface area (TPSA) is 30.2 Å². The van der Waals surface area contributed by atoms with Gasteiger partial charge in [0.2, 0.25) is 0 Å². The molecule has 0 bridgehead atoms. The minimum Gasteiger partial charge on any atom is -0.423 e. The third-order valence-electron chi connectivity index (χ3n) is 3.79. The fourth-order valence-electron chi connectivity index (χ4n) is 2.69. The molecule has 4 rings (SSSR count). The summed E-state index contributed by atoms with van der Waals surface area (Å²) in [6.07, 6.45) is 0. The van der Waals surface area contributed by atoms with Crippen LogP contribution in [-0.4, -0.2) is 0 Å². The van der Waals surface area contributed by atoms with E-state index >= 15 is 0 Å².